The Balaban J connectivity index is 2.39. The van der Waals surface area contributed by atoms with Crippen LogP contribution in [0.4, 0.5) is 4.39 Å². The molecule has 0 aliphatic rings. The summed E-state index contributed by atoms with van der Waals surface area (Å²) in [5.41, 5.74) is 2.81. The third kappa shape index (κ3) is 1.94. The molecule has 76 valence electrons. The number of ketones is 1. The fraction of sp³-hybridized carbons (Fsp3) is 0.0909. The molecule has 0 saturated heterocycles. The monoisotopic (exact) mass is 221 g/mol. The third-order valence-electron chi connectivity index (χ3n) is 2.10. The summed E-state index contributed by atoms with van der Waals surface area (Å²) in [7, 11) is 0. The molecule has 0 bridgehead atoms. The van der Waals surface area contributed by atoms with Gasteiger partial charge in [-0.2, -0.15) is 0 Å². The summed E-state index contributed by atoms with van der Waals surface area (Å²) in [6.07, 6.45) is 0. The Bertz CT molecular complexity index is 493. The molecular formula is C11H8FNOS. The van der Waals surface area contributed by atoms with Crippen LogP contribution >= 0.6 is 11.3 Å². The normalized spacial score (nSPS) is 10.3. The number of carbonyl (C=O) groups excluding carboxylic acids is 1. The molecule has 0 fully saturated rings. The fourth-order valence-corrected chi connectivity index (χ4v) is 1.74. The van der Waals surface area contributed by atoms with Crippen LogP contribution in [0.2, 0.25) is 0 Å². The maximum Gasteiger partial charge on any atom is 0.212 e. The highest BCUT2D eigenvalue weighted by Gasteiger charge is 2.12. The van der Waals surface area contributed by atoms with Crippen LogP contribution in [0, 0.1) is 12.7 Å². The van der Waals surface area contributed by atoms with Crippen molar-refractivity contribution in [3.8, 4) is 0 Å². The zero-order valence-corrected chi connectivity index (χ0v) is 8.84. The van der Waals surface area contributed by atoms with Crippen LogP contribution in [0.25, 0.3) is 0 Å². The number of thiazole rings is 1. The molecule has 15 heavy (non-hydrogen) atoms. The minimum Gasteiger partial charge on any atom is -0.287 e. The van der Waals surface area contributed by atoms with Crippen molar-refractivity contribution in [3.63, 3.8) is 0 Å². The van der Waals surface area contributed by atoms with Gasteiger partial charge in [0, 0.05) is 10.9 Å². The summed E-state index contributed by atoms with van der Waals surface area (Å²) < 4.78 is 13.2. The van der Waals surface area contributed by atoms with Crippen molar-refractivity contribution in [2.24, 2.45) is 0 Å². The zero-order chi connectivity index (χ0) is 10.8. The van der Waals surface area contributed by atoms with Crippen LogP contribution in [0.3, 0.4) is 0 Å². The summed E-state index contributed by atoms with van der Waals surface area (Å²) in [6.45, 7) is 1.66. The average molecular weight is 221 g/mol. The minimum absolute atomic E-state index is 0.241. The van der Waals surface area contributed by atoms with Gasteiger partial charge >= 0.3 is 0 Å². The first-order chi connectivity index (χ1) is 7.18. The number of hydrogen-bond donors (Lipinski definition) is 0. The van der Waals surface area contributed by atoms with Gasteiger partial charge in [-0.15, -0.1) is 11.3 Å². The van der Waals surface area contributed by atoms with E-state index in [1.807, 2.05) is 0 Å². The van der Waals surface area contributed by atoms with E-state index in [4.69, 9.17) is 0 Å². The first-order valence-corrected chi connectivity index (χ1v) is 5.32. The van der Waals surface area contributed by atoms with Gasteiger partial charge in [0.15, 0.2) is 0 Å². The van der Waals surface area contributed by atoms with E-state index < -0.39 is 0 Å². The maximum absolute atomic E-state index is 13.2. The van der Waals surface area contributed by atoms with Gasteiger partial charge in [-0.25, -0.2) is 9.37 Å². The Labute approximate surface area is 90.4 Å². The molecule has 0 amide bonds. The lowest BCUT2D eigenvalue weighted by molar-refractivity contribution is 0.103. The Hall–Kier alpha value is -1.55. The first-order valence-electron chi connectivity index (χ1n) is 4.37. The van der Waals surface area contributed by atoms with Gasteiger partial charge in [0.1, 0.15) is 11.5 Å². The van der Waals surface area contributed by atoms with E-state index in [-0.39, 0.29) is 11.6 Å². The minimum atomic E-state index is -0.365. The Morgan fingerprint density at radius 2 is 2.27 bits per heavy atom. The molecule has 0 spiro atoms. The fourth-order valence-electron chi connectivity index (χ4n) is 1.21. The number of benzene rings is 1. The molecule has 1 heterocycles. The van der Waals surface area contributed by atoms with Gasteiger partial charge in [0.25, 0.3) is 0 Å². The van der Waals surface area contributed by atoms with E-state index in [0.29, 0.717) is 16.8 Å². The summed E-state index contributed by atoms with van der Waals surface area (Å²) in [4.78, 5) is 15.6. The van der Waals surface area contributed by atoms with E-state index in [9.17, 15) is 9.18 Å². The standard InChI is InChI=1S/C11H8FNOS/c1-7-2-3-8(4-9(7)12)11(14)10-5-15-6-13-10/h2-6H,1H3. The van der Waals surface area contributed by atoms with Crippen molar-refractivity contribution in [3.05, 3.63) is 51.7 Å². The summed E-state index contributed by atoms with van der Waals surface area (Å²) in [5.74, 6) is -0.605. The highest BCUT2D eigenvalue weighted by atomic mass is 32.1. The largest absolute Gasteiger partial charge is 0.287 e. The second kappa shape index (κ2) is 3.90. The molecule has 4 heteroatoms. The molecule has 2 rings (SSSR count). The maximum atomic E-state index is 13.2. The van der Waals surface area contributed by atoms with E-state index >= 15 is 0 Å². The number of carbonyl (C=O) groups is 1. The van der Waals surface area contributed by atoms with Crippen LogP contribution in [-0.2, 0) is 0 Å². The van der Waals surface area contributed by atoms with Gasteiger partial charge in [-0.3, -0.25) is 4.79 Å². The molecule has 0 atom stereocenters. The van der Waals surface area contributed by atoms with Crippen LogP contribution < -0.4 is 0 Å². The van der Waals surface area contributed by atoms with Crippen molar-refractivity contribution >= 4 is 17.1 Å². The molecule has 1 aromatic carbocycles. The number of aromatic nitrogens is 1. The van der Waals surface area contributed by atoms with Crippen molar-refractivity contribution in [1.82, 2.24) is 4.98 Å². The van der Waals surface area contributed by atoms with Crippen molar-refractivity contribution < 1.29 is 9.18 Å². The lowest BCUT2D eigenvalue weighted by Crippen LogP contribution is -2.02. The van der Waals surface area contributed by atoms with Crippen LogP contribution in [0.1, 0.15) is 21.6 Å². The SMILES string of the molecule is Cc1ccc(C(=O)c2cscn2)cc1F. The molecule has 0 aliphatic heterocycles. The highest BCUT2D eigenvalue weighted by molar-refractivity contribution is 7.07. The molecule has 0 aliphatic carbocycles. The second-order valence-corrected chi connectivity index (χ2v) is 3.89. The van der Waals surface area contributed by atoms with Crippen molar-refractivity contribution in [1.29, 1.82) is 0 Å². The summed E-state index contributed by atoms with van der Waals surface area (Å²) in [6, 6.07) is 4.45. The molecular weight excluding hydrogens is 213 g/mol. The zero-order valence-electron chi connectivity index (χ0n) is 8.03. The second-order valence-electron chi connectivity index (χ2n) is 3.17. The number of rotatable bonds is 2. The van der Waals surface area contributed by atoms with Crippen molar-refractivity contribution in [2.75, 3.05) is 0 Å². The Morgan fingerprint density at radius 3 is 2.87 bits per heavy atom. The third-order valence-corrected chi connectivity index (χ3v) is 2.69. The predicted molar refractivity (Wildman–Crippen MR) is 56.7 cm³/mol. The molecule has 0 radical (unpaired) electrons. The van der Waals surface area contributed by atoms with Gasteiger partial charge in [-0.1, -0.05) is 12.1 Å². The quantitative estimate of drug-likeness (QED) is 0.730. The Morgan fingerprint density at radius 1 is 1.47 bits per heavy atom. The molecule has 2 aromatic rings. The van der Waals surface area contributed by atoms with Crippen LogP contribution in [0.15, 0.2) is 29.1 Å². The van der Waals surface area contributed by atoms with Crippen molar-refractivity contribution in [2.45, 2.75) is 6.92 Å². The molecule has 0 unspecified atom stereocenters. The van der Waals surface area contributed by atoms with E-state index in [0.717, 1.165) is 0 Å². The topological polar surface area (TPSA) is 30.0 Å². The number of nitrogens with zero attached hydrogens (tertiary/aromatic N) is 1. The number of halogens is 1. The first kappa shape index (κ1) is 9.98. The Kier molecular flexibility index (Phi) is 2.60. The van der Waals surface area contributed by atoms with Gasteiger partial charge in [0.2, 0.25) is 5.78 Å². The molecule has 0 N–H and O–H groups in total. The van der Waals surface area contributed by atoms with E-state index in [1.165, 1.54) is 17.4 Å². The van der Waals surface area contributed by atoms with Gasteiger partial charge in [-0.05, 0) is 18.6 Å². The lowest BCUT2D eigenvalue weighted by Gasteiger charge is -2.00. The number of hydrogen-bond acceptors (Lipinski definition) is 3. The molecule has 2 nitrogen and oxygen atoms in total. The van der Waals surface area contributed by atoms with Crippen LogP contribution in [-0.4, -0.2) is 10.8 Å². The van der Waals surface area contributed by atoms with Gasteiger partial charge in [0.05, 0.1) is 5.51 Å². The van der Waals surface area contributed by atoms with E-state index in [1.54, 1.807) is 29.9 Å². The smallest absolute Gasteiger partial charge is 0.212 e. The van der Waals surface area contributed by atoms with E-state index in [2.05, 4.69) is 4.98 Å². The van der Waals surface area contributed by atoms with Gasteiger partial charge < -0.3 is 0 Å². The lowest BCUT2D eigenvalue weighted by atomic mass is 10.1. The van der Waals surface area contributed by atoms with Crippen LogP contribution in [0.5, 0.6) is 0 Å². The number of aryl methyl sites for hydroxylation is 1. The molecule has 1 aromatic heterocycles. The summed E-state index contributed by atoms with van der Waals surface area (Å²) >= 11 is 1.34. The predicted octanol–water partition coefficient (Wildman–Crippen LogP) is 2.82. The highest BCUT2D eigenvalue weighted by Crippen LogP contribution is 2.13. The molecule has 0 saturated carbocycles. The average Bonchev–Trinajstić information content (AvgIpc) is 2.74. The summed E-state index contributed by atoms with van der Waals surface area (Å²) in [5, 5.41) is 1.65.